The molecule has 0 saturated carbocycles. The first-order valence-corrected chi connectivity index (χ1v) is 17.9. The molecule has 2 aliphatic heterocycles. The van der Waals surface area contributed by atoms with Crippen LogP contribution in [0.25, 0.3) is 5.65 Å². The number of aromatic nitrogens is 4. The number of fused-ring (bicyclic) bond motifs is 1. The number of benzene rings is 1. The van der Waals surface area contributed by atoms with Gasteiger partial charge in [0.05, 0.1) is 28.4 Å². The number of hydrogen-bond donors (Lipinski definition) is 2. The van der Waals surface area contributed by atoms with Crippen molar-refractivity contribution in [2.75, 3.05) is 82.3 Å². The Morgan fingerprint density at radius 1 is 0.977 bits per heavy atom. The Hall–Kier alpha value is -2.98. The number of aryl methyl sites for hydroxylation is 1. The quantitative estimate of drug-likeness (QED) is 0.244. The van der Waals surface area contributed by atoms with Gasteiger partial charge >= 0.3 is 0 Å². The minimum absolute atomic E-state index is 0.409. The Labute approximate surface area is 263 Å². The summed E-state index contributed by atoms with van der Waals surface area (Å²) in [4.78, 5) is 21.5. The lowest BCUT2D eigenvalue weighted by atomic mass is 10.0. The second kappa shape index (κ2) is 12.9. The molecule has 12 heteroatoms. The number of halogens is 1. The van der Waals surface area contributed by atoms with Gasteiger partial charge in [-0.1, -0.05) is 7.92 Å². The number of methoxy groups -OCH3 is 1. The van der Waals surface area contributed by atoms with Crippen LogP contribution in [0.15, 0.2) is 47.3 Å². The third kappa shape index (κ3) is 6.45. The fourth-order valence-corrected chi connectivity index (χ4v) is 7.74. The van der Waals surface area contributed by atoms with Gasteiger partial charge in [-0.2, -0.15) is 4.98 Å². The molecule has 0 radical (unpaired) electrons. The zero-order valence-corrected chi connectivity index (χ0v) is 28.1. The predicted molar refractivity (Wildman–Crippen MR) is 182 cm³/mol. The summed E-state index contributed by atoms with van der Waals surface area (Å²) < 4.78 is 8.79. The molecule has 4 aromatic rings. The van der Waals surface area contributed by atoms with Crippen molar-refractivity contribution in [1.82, 2.24) is 29.2 Å². The van der Waals surface area contributed by atoms with E-state index in [0.717, 1.165) is 40.3 Å². The predicted octanol–water partition coefficient (Wildman–Crippen LogP) is 5.27. The molecular formula is C31H41BrN9OP. The Kier molecular flexibility index (Phi) is 9.05. The molecule has 228 valence electrons. The van der Waals surface area contributed by atoms with Crippen LogP contribution < -0.4 is 25.7 Å². The maximum Gasteiger partial charge on any atom is 0.229 e. The number of piperidine rings is 1. The van der Waals surface area contributed by atoms with Gasteiger partial charge in [-0.05, 0) is 79.8 Å². The number of nitrogens with zero attached hydrogens (tertiary/aromatic N) is 7. The standard InChI is InChI=1S/C31H41BrN9OP/c1-21-18-25(27(42-3)19-26(21)40-11-8-22(9-12-40)39-16-14-38(2)15-17-39)36-31-34-20-23(32)29(37-31)35-24-6-7-28-33-10-13-41(28)30(24)43(4)5/h6-7,10,13,18-20,22H,8-9,11-12,14-17H2,1-5H3,(H2,34,35,36,37). The van der Waals surface area contributed by atoms with Crippen LogP contribution in [0.3, 0.4) is 0 Å². The number of nitrogens with one attached hydrogen (secondary N) is 2. The molecule has 3 aromatic heterocycles. The van der Waals surface area contributed by atoms with Crippen molar-refractivity contribution < 1.29 is 4.74 Å². The van der Waals surface area contributed by atoms with Crippen LogP contribution in [0.1, 0.15) is 18.4 Å². The van der Waals surface area contributed by atoms with Gasteiger partial charge in [0.25, 0.3) is 0 Å². The molecule has 0 aliphatic carbocycles. The van der Waals surface area contributed by atoms with E-state index in [0.29, 0.717) is 17.8 Å². The van der Waals surface area contributed by atoms with Crippen molar-refractivity contribution in [1.29, 1.82) is 0 Å². The lowest BCUT2D eigenvalue weighted by Gasteiger charge is -2.43. The third-order valence-corrected chi connectivity index (χ3v) is 10.5. The van der Waals surface area contributed by atoms with Crippen molar-refractivity contribution in [3.05, 3.63) is 52.9 Å². The van der Waals surface area contributed by atoms with Gasteiger partial charge in [0.15, 0.2) is 0 Å². The SMILES string of the molecule is COc1cc(N2CCC(N3CCN(C)CC3)CC2)c(C)cc1Nc1ncc(Br)c(Nc2ccc3nccn3c2P(C)C)n1. The van der Waals surface area contributed by atoms with Crippen molar-refractivity contribution in [2.45, 2.75) is 25.8 Å². The fourth-order valence-electron chi connectivity index (χ4n) is 6.24. The van der Waals surface area contributed by atoms with Crippen molar-refractivity contribution in [3.8, 4) is 5.75 Å². The molecule has 0 amide bonds. The number of likely N-dealkylation sites (N-methyl/N-ethyl adjacent to an activating group) is 1. The van der Waals surface area contributed by atoms with Crippen LogP contribution in [0.5, 0.6) is 5.75 Å². The smallest absolute Gasteiger partial charge is 0.229 e. The van der Waals surface area contributed by atoms with Gasteiger partial charge in [0, 0.05) is 75.7 Å². The average molecular weight is 667 g/mol. The molecule has 2 fully saturated rings. The molecule has 0 bridgehead atoms. The highest BCUT2D eigenvalue weighted by molar-refractivity contribution is 9.10. The highest BCUT2D eigenvalue weighted by atomic mass is 79.9. The molecule has 0 atom stereocenters. The summed E-state index contributed by atoms with van der Waals surface area (Å²) in [6.45, 7) is 13.5. The van der Waals surface area contributed by atoms with E-state index in [1.54, 1.807) is 13.3 Å². The van der Waals surface area contributed by atoms with Crippen LogP contribution in [-0.4, -0.2) is 102 Å². The normalized spacial score (nSPS) is 17.1. The van der Waals surface area contributed by atoms with Crippen LogP contribution in [0.4, 0.5) is 28.8 Å². The zero-order valence-electron chi connectivity index (χ0n) is 25.6. The number of ether oxygens (including phenoxy) is 1. The molecule has 6 rings (SSSR count). The molecule has 1 aromatic carbocycles. The molecule has 2 N–H and O–H groups in total. The molecule has 0 unspecified atom stereocenters. The topological polar surface area (TPSA) is 86.1 Å². The van der Waals surface area contributed by atoms with Gasteiger partial charge in [-0.3, -0.25) is 9.30 Å². The van der Waals surface area contributed by atoms with Gasteiger partial charge in [0.2, 0.25) is 5.95 Å². The molecular weight excluding hydrogens is 625 g/mol. The van der Waals surface area contributed by atoms with Crippen LogP contribution in [-0.2, 0) is 0 Å². The molecule has 43 heavy (non-hydrogen) atoms. The van der Waals surface area contributed by atoms with Gasteiger partial charge < -0.3 is 25.2 Å². The van der Waals surface area contributed by atoms with E-state index < -0.39 is 7.92 Å². The van der Waals surface area contributed by atoms with E-state index in [1.165, 1.54) is 55.7 Å². The highest BCUT2D eigenvalue weighted by Gasteiger charge is 2.28. The number of hydrogen-bond acceptors (Lipinski definition) is 9. The number of imidazole rings is 1. The Bertz CT molecular complexity index is 1580. The molecule has 10 nitrogen and oxygen atoms in total. The third-order valence-electron chi connectivity index (χ3n) is 8.58. The summed E-state index contributed by atoms with van der Waals surface area (Å²) in [6, 6.07) is 9.07. The van der Waals surface area contributed by atoms with Gasteiger partial charge in [0.1, 0.15) is 17.2 Å². The molecule has 2 aliphatic rings. The van der Waals surface area contributed by atoms with Crippen LogP contribution in [0.2, 0.25) is 0 Å². The van der Waals surface area contributed by atoms with E-state index in [9.17, 15) is 0 Å². The van der Waals surface area contributed by atoms with Gasteiger partial charge in [-0.15, -0.1) is 0 Å². The van der Waals surface area contributed by atoms with Crippen LogP contribution >= 0.6 is 23.9 Å². The monoisotopic (exact) mass is 665 g/mol. The first-order valence-electron chi connectivity index (χ1n) is 14.9. The lowest BCUT2D eigenvalue weighted by Crippen LogP contribution is -2.52. The largest absolute Gasteiger partial charge is 0.494 e. The molecule has 5 heterocycles. The Morgan fingerprint density at radius 2 is 1.74 bits per heavy atom. The minimum atomic E-state index is -0.409. The maximum absolute atomic E-state index is 5.87. The first kappa shape index (κ1) is 30.1. The Balaban J connectivity index is 1.18. The summed E-state index contributed by atoms with van der Waals surface area (Å²) in [7, 11) is 3.53. The van der Waals surface area contributed by atoms with E-state index >= 15 is 0 Å². The highest BCUT2D eigenvalue weighted by Crippen LogP contribution is 2.37. The molecule has 0 spiro atoms. The second-order valence-electron chi connectivity index (χ2n) is 11.7. The summed E-state index contributed by atoms with van der Waals surface area (Å²) in [5, 5.41) is 6.95. The summed E-state index contributed by atoms with van der Waals surface area (Å²) in [6.07, 6.45) is 8.00. The van der Waals surface area contributed by atoms with Crippen molar-refractivity contribution in [2.24, 2.45) is 0 Å². The summed E-state index contributed by atoms with van der Waals surface area (Å²) in [5.41, 5.74) is 6.42. The number of piperazine rings is 1. The summed E-state index contributed by atoms with van der Waals surface area (Å²) >= 11 is 3.64. The van der Waals surface area contributed by atoms with E-state index in [-0.39, 0.29) is 0 Å². The van der Waals surface area contributed by atoms with Crippen molar-refractivity contribution >= 4 is 63.8 Å². The second-order valence-corrected chi connectivity index (χ2v) is 14.7. The first-order chi connectivity index (χ1) is 20.8. The lowest BCUT2D eigenvalue weighted by molar-refractivity contribution is 0.0982. The van der Waals surface area contributed by atoms with E-state index in [2.05, 4.69) is 101 Å². The number of anilines is 5. The fraction of sp³-hybridized carbons (Fsp3) is 0.452. The Morgan fingerprint density at radius 3 is 2.47 bits per heavy atom. The van der Waals surface area contributed by atoms with E-state index in [4.69, 9.17) is 9.72 Å². The van der Waals surface area contributed by atoms with Crippen molar-refractivity contribution in [3.63, 3.8) is 0 Å². The van der Waals surface area contributed by atoms with Gasteiger partial charge in [-0.25, -0.2) is 9.97 Å². The average Bonchev–Trinajstić information content (AvgIpc) is 3.48. The number of rotatable bonds is 8. The molecule has 2 saturated heterocycles. The maximum atomic E-state index is 5.87. The zero-order chi connectivity index (χ0) is 30.1. The number of pyridine rings is 1. The van der Waals surface area contributed by atoms with Crippen LogP contribution in [0, 0.1) is 6.92 Å². The summed E-state index contributed by atoms with van der Waals surface area (Å²) in [5.74, 6) is 1.95. The minimum Gasteiger partial charge on any atom is -0.494 e. The van der Waals surface area contributed by atoms with E-state index in [1.807, 2.05) is 18.5 Å².